The van der Waals surface area contributed by atoms with Gasteiger partial charge in [0.1, 0.15) is 0 Å². The normalized spacial score (nSPS) is 28.0. The van der Waals surface area contributed by atoms with Gasteiger partial charge in [-0.15, -0.1) is 5.73 Å². The van der Waals surface area contributed by atoms with E-state index >= 15 is 0 Å². The molecule has 0 saturated heterocycles. The van der Waals surface area contributed by atoms with Gasteiger partial charge in [-0.25, -0.2) is 0 Å². The maximum absolute atomic E-state index is 11.6. The van der Waals surface area contributed by atoms with Crippen LogP contribution in [-0.4, -0.2) is 42.8 Å². The van der Waals surface area contributed by atoms with Crippen molar-refractivity contribution in [3.05, 3.63) is 65.0 Å². The van der Waals surface area contributed by atoms with E-state index in [1.165, 1.54) is 0 Å². The summed E-state index contributed by atoms with van der Waals surface area (Å²) >= 11 is 0. The van der Waals surface area contributed by atoms with Gasteiger partial charge in [-0.1, -0.05) is 30.4 Å². The number of hydrogen-bond donors (Lipinski definition) is 3. The van der Waals surface area contributed by atoms with Crippen LogP contribution in [0.2, 0.25) is 0 Å². The van der Waals surface area contributed by atoms with Crippen molar-refractivity contribution in [2.45, 2.75) is 31.5 Å². The van der Waals surface area contributed by atoms with E-state index in [4.69, 9.17) is 16.2 Å². The summed E-state index contributed by atoms with van der Waals surface area (Å²) in [6.07, 6.45) is 15.8. The summed E-state index contributed by atoms with van der Waals surface area (Å²) in [4.78, 5) is 11.6. The van der Waals surface area contributed by atoms with Gasteiger partial charge in [0, 0.05) is 24.0 Å². The quantitative estimate of drug-likeness (QED) is 0.567. The number of allylic oxidation sites excluding steroid dienone is 5. The minimum atomic E-state index is -0.618. The third-order valence-electron chi connectivity index (χ3n) is 5.18. The van der Waals surface area contributed by atoms with Crippen LogP contribution < -0.4 is 11.5 Å². The molecule has 4 atom stereocenters. The van der Waals surface area contributed by atoms with Crippen molar-refractivity contribution in [1.82, 2.24) is 0 Å². The lowest BCUT2D eigenvalue weighted by Crippen LogP contribution is -2.22. The molecule has 0 radical (unpaired) electrons. The zero-order valence-corrected chi connectivity index (χ0v) is 15.5. The van der Waals surface area contributed by atoms with Crippen LogP contribution in [0.25, 0.3) is 0 Å². The summed E-state index contributed by atoms with van der Waals surface area (Å²) in [5.74, 6) is 0.577. The molecule has 0 aromatic heterocycles. The maximum Gasteiger partial charge on any atom is 0.176 e. The van der Waals surface area contributed by atoms with Gasteiger partial charge >= 0.3 is 0 Å². The van der Waals surface area contributed by atoms with E-state index in [1.807, 2.05) is 42.5 Å². The lowest BCUT2D eigenvalue weighted by Gasteiger charge is -2.16. The molecule has 5 nitrogen and oxygen atoms in total. The Kier molecular flexibility index (Phi) is 6.78. The van der Waals surface area contributed by atoms with Crippen molar-refractivity contribution in [1.29, 1.82) is 0 Å². The molecule has 4 unspecified atom stereocenters. The monoisotopic (exact) mass is 368 g/mol. The fraction of sp³-hybridized carbons (Fsp3) is 0.455. The molecule has 5 heteroatoms. The van der Waals surface area contributed by atoms with Crippen molar-refractivity contribution >= 4 is 5.78 Å². The van der Waals surface area contributed by atoms with E-state index < -0.39 is 6.10 Å². The lowest BCUT2D eigenvalue weighted by atomic mass is 9.95. The predicted octanol–water partition coefficient (Wildman–Crippen LogP) is 1.71. The molecule has 3 rings (SSSR count). The Labute approximate surface area is 160 Å². The molecule has 0 heterocycles. The Morgan fingerprint density at radius 1 is 1.41 bits per heavy atom. The molecular formula is C22H28N2O3. The minimum absolute atomic E-state index is 0.0211. The molecule has 0 bridgehead atoms. The van der Waals surface area contributed by atoms with Crippen LogP contribution in [0.15, 0.2) is 65.0 Å². The first-order valence-corrected chi connectivity index (χ1v) is 9.56. The third-order valence-corrected chi connectivity index (χ3v) is 5.18. The van der Waals surface area contributed by atoms with Gasteiger partial charge in [-0.05, 0) is 42.6 Å². The standard InChI is InChI=1S/C22H28N2O3/c23-12-20(25)16-8-6-15(7-9-16)14-27-22-11-19(22)17-4-2-1-3-5-18(10-17)21(26)13-24/h1-3,6,8-10,15,19,21-22,26H,5,7,11-14,23-24H2. The molecule has 5 N–H and O–H groups in total. The van der Waals surface area contributed by atoms with Gasteiger partial charge in [-0.2, -0.15) is 0 Å². The van der Waals surface area contributed by atoms with Crippen molar-refractivity contribution in [2.24, 2.45) is 23.3 Å². The number of hydrogen-bond acceptors (Lipinski definition) is 5. The van der Waals surface area contributed by atoms with Crippen LogP contribution >= 0.6 is 0 Å². The topological polar surface area (TPSA) is 98.6 Å². The molecular weight excluding hydrogens is 340 g/mol. The zero-order valence-electron chi connectivity index (χ0n) is 15.5. The van der Waals surface area contributed by atoms with Crippen molar-refractivity contribution < 1.29 is 14.6 Å². The average Bonchev–Trinajstić information content (AvgIpc) is 3.45. The molecule has 3 aliphatic rings. The maximum atomic E-state index is 11.6. The number of Topliss-reactive ketones (excluding diaryl/α,β-unsaturated/α-hetero) is 1. The number of carbonyl (C=O) groups is 1. The Balaban J connectivity index is 1.53. The van der Waals surface area contributed by atoms with E-state index in [9.17, 15) is 9.90 Å². The summed E-state index contributed by atoms with van der Waals surface area (Å²) in [7, 11) is 0. The van der Waals surface area contributed by atoms with Gasteiger partial charge in [0.25, 0.3) is 0 Å². The van der Waals surface area contributed by atoms with E-state index in [1.54, 1.807) is 0 Å². The van der Waals surface area contributed by atoms with Crippen molar-refractivity contribution in [2.75, 3.05) is 19.7 Å². The molecule has 0 amide bonds. The van der Waals surface area contributed by atoms with Crippen molar-refractivity contribution in [3.8, 4) is 0 Å². The smallest absolute Gasteiger partial charge is 0.176 e. The van der Waals surface area contributed by atoms with E-state index in [-0.39, 0.29) is 30.9 Å². The molecule has 1 fully saturated rings. The first-order chi connectivity index (χ1) is 13.1. The highest BCUT2D eigenvalue weighted by atomic mass is 16.5. The Bertz CT molecular complexity index is 754. The highest BCUT2D eigenvalue weighted by Crippen LogP contribution is 2.41. The molecule has 0 aromatic carbocycles. The summed E-state index contributed by atoms with van der Waals surface area (Å²) in [5.41, 5.74) is 17.0. The summed E-state index contributed by atoms with van der Waals surface area (Å²) in [6.45, 7) is 0.905. The number of rotatable bonds is 8. The van der Waals surface area contributed by atoms with Gasteiger partial charge in [0.05, 0.1) is 25.4 Å². The first-order valence-electron chi connectivity index (χ1n) is 9.56. The molecule has 1 saturated carbocycles. The van der Waals surface area contributed by atoms with Crippen LogP contribution in [0.5, 0.6) is 0 Å². The fourth-order valence-corrected chi connectivity index (χ4v) is 3.36. The molecule has 0 aromatic rings. The number of ether oxygens (including phenoxy) is 1. The Hall–Kier alpha value is -2.01. The van der Waals surface area contributed by atoms with Gasteiger partial charge in [0.2, 0.25) is 0 Å². The van der Waals surface area contributed by atoms with E-state index in [2.05, 4.69) is 5.73 Å². The van der Waals surface area contributed by atoms with Crippen LogP contribution in [-0.2, 0) is 9.53 Å². The van der Waals surface area contributed by atoms with Gasteiger partial charge in [-0.3, -0.25) is 4.79 Å². The second kappa shape index (κ2) is 9.27. The van der Waals surface area contributed by atoms with Crippen molar-refractivity contribution in [3.63, 3.8) is 0 Å². The fourth-order valence-electron chi connectivity index (χ4n) is 3.36. The molecule has 144 valence electrons. The number of nitrogens with two attached hydrogens (primary N) is 2. The molecule has 0 aliphatic heterocycles. The summed E-state index contributed by atoms with van der Waals surface area (Å²) in [6, 6.07) is 0. The largest absolute Gasteiger partial charge is 0.387 e. The third kappa shape index (κ3) is 5.25. The second-order valence-electron chi connectivity index (χ2n) is 7.23. The average molecular weight is 368 g/mol. The highest BCUT2D eigenvalue weighted by molar-refractivity contribution is 5.99. The summed E-state index contributed by atoms with van der Waals surface area (Å²) < 4.78 is 6.08. The lowest BCUT2D eigenvalue weighted by molar-refractivity contribution is -0.114. The first kappa shape index (κ1) is 19.7. The van der Waals surface area contributed by atoms with Crippen LogP contribution in [0.1, 0.15) is 19.3 Å². The molecule has 0 spiro atoms. The van der Waals surface area contributed by atoms with Crippen LogP contribution in [0, 0.1) is 11.8 Å². The second-order valence-corrected chi connectivity index (χ2v) is 7.23. The molecule has 3 aliphatic carbocycles. The van der Waals surface area contributed by atoms with Gasteiger partial charge in [0.15, 0.2) is 5.78 Å². The zero-order chi connectivity index (χ0) is 19.2. The van der Waals surface area contributed by atoms with Crippen LogP contribution in [0.4, 0.5) is 0 Å². The highest BCUT2D eigenvalue weighted by Gasteiger charge is 2.41. The van der Waals surface area contributed by atoms with E-state index in [0.717, 1.165) is 24.0 Å². The van der Waals surface area contributed by atoms with Gasteiger partial charge < -0.3 is 21.3 Å². The Morgan fingerprint density at radius 2 is 2.26 bits per heavy atom. The number of carbonyl (C=O) groups excluding carboxylic acids is 1. The number of aliphatic hydroxyl groups is 1. The predicted molar refractivity (Wildman–Crippen MR) is 106 cm³/mol. The minimum Gasteiger partial charge on any atom is -0.387 e. The number of ketones is 1. The van der Waals surface area contributed by atoms with Crippen LogP contribution in [0.3, 0.4) is 0 Å². The SMILES string of the molecule is NCC(=O)C1=CCC(COC2CC2C2=C=CC=CCC(C(O)CN)=C2)C=C1. The Morgan fingerprint density at radius 3 is 2.96 bits per heavy atom. The number of aliphatic hydroxyl groups excluding tert-OH is 1. The van der Waals surface area contributed by atoms with E-state index in [0.29, 0.717) is 24.5 Å². The summed E-state index contributed by atoms with van der Waals surface area (Å²) in [5, 5.41) is 10.1. The molecule has 27 heavy (non-hydrogen) atoms.